The summed E-state index contributed by atoms with van der Waals surface area (Å²) in [7, 11) is 0. The van der Waals surface area contributed by atoms with Crippen molar-refractivity contribution in [2.24, 2.45) is 0 Å². The van der Waals surface area contributed by atoms with Crippen LogP contribution >= 0.6 is 11.8 Å². The number of para-hydroxylation sites is 3. The van der Waals surface area contributed by atoms with Crippen molar-refractivity contribution in [2.45, 2.75) is 15.2 Å². The third-order valence-electron chi connectivity index (χ3n) is 14.4. The summed E-state index contributed by atoms with van der Waals surface area (Å²) in [4.78, 5) is 8.01. The molecule has 0 radical (unpaired) electrons. The molecule has 1 spiro atoms. The van der Waals surface area contributed by atoms with Crippen molar-refractivity contribution in [1.82, 2.24) is 9.55 Å². The first-order valence-electron chi connectivity index (χ1n) is 22.6. The van der Waals surface area contributed by atoms with Gasteiger partial charge in [-0.15, -0.1) is 0 Å². The van der Waals surface area contributed by atoms with Crippen LogP contribution in [0.3, 0.4) is 0 Å². The molecule has 0 N–H and O–H groups in total. The van der Waals surface area contributed by atoms with Crippen LogP contribution < -0.4 is 0 Å². The van der Waals surface area contributed by atoms with Gasteiger partial charge in [0, 0.05) is 53.1 Å². The quantitative estimate of drug-likeness (QED) is 0.166. The van der Waals surface area contributed by atoms with E-state index in [1.165, 1.54) is 65.1 Å². The van der Waals surface area contributed by atoms with Gasteiger partial charge in [-0.25, -0.2) is 4.98 Å². The number of pyridine rings is 1. The Labute approximate surface area is 384 Å². The average Bonchev–Trinajstić information content (AvgIpc) is 4.03. The molecule has 0 fully saturated rings. The third kappa shape index (κ3) is 4.76. The largest absolute Gasteiger partial charge is 0.454 e. The molecule has 15 rings (SSSR count). The molecule has 3 aromatic heterocycles. The minimum absolute atomic E-state index is 0.437. The molecule has 4 heterocycles. The van der Waals surface area contributed by atoms with Gasteiger partial charge in [-0.3, -0.25) is 0 Å². The summed E-state index contributed by atoms with van der Waals surface area (Å²) >= 11 is 1.89. The van der Waals surface area contributed by atoms with Crippen molar-refractivity contribution < 1.29 is 4.42 Å². The number of benzene rings is 10. The second kappa shape index (κ2) is 13.4. The van der Waals surface area contributed by atoms with Crippen molar-refractivity contribution in [3.8, 4) is 39.2 Å². The molecule has 0 amide bonds. The molecule has 13 aromatic rings. The summed E-state index contributed by atoms with van der Waals surface area (Å²) in [5, 5.41) is 7.94. The molecule has 10 aromatic carbocycles. The van der Waals surface area contributed by atoms with E-state index in [-0.39, 0.29) is 0 Å². The first-order valence-corrected chi connectivity index (χ1v) is 23.4. The van der Waals surface area contributed by atoms with Crippen molar-refractivity contribution in [1.29, 1.82) is 0 Å². The van der Waals surface area contributed by atoms with E-state index in [1.807, 2.05) is 11.8 Å². The van der Waals surface area contributed by atoms with Gasteiger partial charge in [-0.05, 0) is 99.1 Å². The van der Waals surface area contributed by atoms with Gasteiger partial charge in [-0.1, -0.05) is 176 Å². The van der Waals surface area contributed by atoms with Gasteiger partial charge in [-0.2, -0.15) is 0 Å². The van der Waals surface area contributed by atoms with E-state index in [9.17, 15) is 0 Å². The molecule has 306 valence electrons. The number of nitrogens with zero attached hydrogens (tertiary/aromatic N) is 2. The van der Waals surface area contributed by atoms with Crippen LogP contribution in [0.1, 0.15) is 22.3 Å². The summed E-state index contributed by atoms with van der Waals surface area (Å²) in [6, 6.07) is 80.1. The monoisotopic (exact) mass is 856 g/mol. The van der Waals surface area contributed by atoms with Gasteiger partial charge < -0.3 is 8.98 Å². The maximum Gasteiger partial charge on any atom is 0.160 e. The van der Waals surface area contributed by atoms with E-state index in [2.05, 4.69) is 223 Å². The third-order valence-corrected chi connectivity index (χ3v) is 15.6. The lowest BCUT2D eigenvalue weighted by atomic mass is 9.67. The molecule has 1 aliphatic heterocycles. The smallest absolute Gasteiger partial charge is 0.160 e. The second-order valence-corrected chi connectivity index (χ2v) is 18.8. The van der Waals surface area contributed by atoms with Crippen LogP contribution in [-0.2, 0) is 5.41 Å². The Hall–Kier alpha value is -8.18. The zero-order chi connectivity index (χ0) is 43.1. The van der Waals surface area contributed by atoms with Crippen LogP contribution in [0.25, 0.3) is 105 Å². The summed E-state index contributed by atoms with van der Waals surface area (Å²) < 4.78 is 9.45. The number of rotatable bonds is 3. The van der Waals surface area contributed by atoms with Crippen molar-refractivity contribution in [3.05, 3.63) is 241 Å². The molecule has 0 bridgehead atoms. The molecule has 0 unspecified atom stereocenters. The highest BCUT2D eigenvalue weighted by Crippen LogP contribution is 2.62. The predicted molar refractivity (Wildman–Crippen MR) is 273 cm³/mol. The Morgan fingerprint density at radius 1 is 0.409 bits per heavy atom. The first kappa shape index (κ1) is 36.2. The molecule has 66 heavy (non-hydrogen) atoms. The molecule has 0 saturated carbocycles. The fourth-order valence-corrected chi connectivity index (χ4v) is 12.9. The van der Waals surface area contributed by atoms with Gasteiger partial charge in [0.2, 0.25) is 0 Å². The lowest BCUT2D eigenvalue weighted by molar-refractivity contribution is 0.666. The van der Waals surface area contributed by atoms with Crippen molar-refractivity contribution in [2.75, 3.05) is 0 Å². The minimum Gasteiger partial charge on any atom is -0.454 e. The van der Waals surface area contributed by atoms with Crippen molar-refractivity contribution >= 4 is 77.2 Å². The summed E-state index contributed by atoms with van der Waals surface area (Å²) in [5.41, 5.74) is 17.9. The van der Waals surface area contributed by atoms with E-state index >= 15 is 0 Å². The summed E-state index contributed by atoms with van der Waals surface area (Å²) in [5.74, 6) is 0. The highest BCUT2D eigenvalue weighted by atomic mass is 32.2. The predicted octanol–water partition coefficient (Wildman–Crippen LogP) is 16.5. The van der Waals surface area contributed by atoms with Gasteiger partial charge in [0.15, 0.2) is 5.58 Å². The highest BCUT2D eigenvalue weighted by molar-refractivity contribution is 7.99. The molecular formula is C62H36N2OS. The lowest BCUT2D eigenvalue weighted by Gasteiger charge is -2.39. The molecule has 4 heteroatoms. The highest BCUT2D eigenvalue weighted by Gasteiger charge is 2.50. The number of hydrogen-bond acceptors (Lipinski definition) is 3. The Morgan fingerprint density at radius 3 is 1.86 bits per heavy atom. The number of fused-ring (bicyclic) bond motifs is 19. The van der Waals surface area contributed by atoms with E-state index in [0.29, 0.717) is 0 Å². The molecule has 2 aliphatic rings. The molecule has 0 atom stereocenters. The Morgan fingerprint density at radius 2 is 1.03 bits per heavy atom. The molecular weight excluding hydrogens is 821 g/mol. The summed E-state index contributed by atoms with van der Waals surface area (Å²) in [6.45, 7) is 0. The van der Waals surface area contributed by atoms with Crippen LogP contribution in [0.5, 0.6) is 0 Å². The zero-order valence-corrected chi connectivity index (χ0v) is 36.3. The van der Waals surface area contributed by atoms with Crippen LogP contribution in [-0.4, -0.2) is 9.55 Å². The average molecular weight is 857 g/mol. The number of furan rings is 1. The normalized spacial score (nSPS) is 13.5. The van der Waals surface area contributed by atoms with Gasteiger partial charge in [0.1, 0.15) is 5.58 Å². The molecule has 3 nitrogen and oxygen atoms in total. The van der Waals surface area contributed by atoms with E-state index in [4.69, 9.17) is 9.40 Å². The van der Waals surface area contributed by atoms with Crippen LogP contribution in [0.4, 0.5) is 0 Å². The molecule has 1 aliphatic carbocycles. The fourth-order valence-electron chi connectivity index (χ4n) is 11.7. The van der Waals surface area contributed by atoms with E-state index < -0.39 is 5.41 Å². The topological polar surface area (TPSA) is 31.0 Å². The minimum atomic E-state index is -0.437. The second-order valence-electron chi connectivity index (χ2n) is 17.7. The SMILES string of the molecule is c1ccc(-c2nc3ccccc3c3c2cc(-n2c4ccccc4c4cc(-c5ccc6c(c5)C5(c7ccccc7Sc7ccccc75)c5ccccc5-6)ccc42)c2oc4ccccc4c23)cc1. The fraction of sp³-hybridized carbons (Fsp3) is 0.0161. The van der Waals surface area contributed by atoms with Gasteiger partial charge in [0.05, 0.1) is 33.3 Å². The Balaban J connectivity index is 0.999. The Bertz CT molecular complexity index is 4170. The summed E-state index contributed by atoms with van der Waals surface area (Å²) in [6.07, 6.45) is 0. The van der Waals surface area contributed by atoms with Crippen molar-refractivity contribution in [3.63, 3.8) is 0 Å². The van der Waals surface area contributed by atoms with Gasteiger partial charge in [0.25, 0.3) is 0 Å². The zero-order valence-electron chi connectivity index (χ0n) is 35.5. The Kier molecular flexibility index (Phi) is 7.36. The number of aromatic nitrogens is 2. The van der Waals surface area contributed by atoms with Crippen LogP contribution in [0.2, 0.25) is 0 Å². The van der Waals surface area contributed by atoms with Gasteiger partial charge >= 0.3 is 0 Å². The lowest BCUT2D eigenvalue weighted by Crippen LogP contribution is -2.31. The molecule has 0 saturated heterocycles. The first-order chi connectivity index (χ1) is 32.7. The van der Waals surface area contributed by atoms with E-state index in [1.54, 1.807) is 0 Å². The standard InChI is InChI=1S/C62H36N2OS/c1-2-16-37(17-3-1)60-46-36-54(61-59(44-21-7-13-27-55(44)65-61)58(46)43-20-5-11-25-51(43)63-60)64-52-26-12-6-19-42(52)45-34-38(31-33-53(45)64)39-30-32-41-40-18-4-8-22-47(40)62(50(41)35-39)48-23-9-14-28-56(48)66-57-29-15-10-24-49(57)62/h1-36H. The number of hydrogen-bond donors (Lipinski definition) is 0. The van der Waals surface area contributed by atoms with Crippen LogP contribution in [0.15, 0.2) is 233 Å². The van der Waals surface area contributed by atoms with E-state index in [0.717, 1.165) is 71.6 Å². The maximum atomic E-state index is 7.03. The maximum absolute atomic E-state index is 7.03. The van der Waals surface area contributed by atoms with Crippen LogP contribution in [0, 0.1) is 0 Å².